The van der Waals surface area contributed by atoms with Crippen LogP contribution >= 0.6 is 0 Å². The molecule has 2 rings (SSSR count). The fourth-order valence-corrected chi connectivity index (χ4v) is 2.94. The summed E-state index contributed by atoms with van der Waals surface area (Å²) < 4.78 is 0. The molecule has 2 amide bonds. The van der Waals surface area contributed by atoms with Crippen LogP contribution in [0, 0.1) is 5.92 Å². The molecule has 1 fully saturated rings. The smallest absolute Gasteiger partial charge is 0.313 e. The van der Waals surface area contributed by atoms with Crippen molar-refractivity contribution in [3.63, 3.8) is 0 Å². The van der Waals surface area contributed by atoms with E-state index in [0.29, 0.717) is 19.0 Å². The zero-order valence-electron chi connectivity index (χ0n) is 14.0. The topological polar surface area (TPSA) is 49.4 Å². The van der Waals surface area contributed by atoms with Gasteiger partial charge in [0.15, 0.2) is 0 Å². The Morgan fingerprint density at radius 2 is 1.91 bits per heavy atom. The third-order valence-corrected chi connectivity index (χ3v) is 4.12. The summed E-state index contributed by atoms with van der Waals surface area (Å²) in [6.07, 6.45) is 2.09. The number of nitrogens with one attached hydrogen (secondary N) is 1. The van der Waals surface area contributed by atoms with Gasteiger partial charge in [-0.15, -0.1) is 0 Å². The lowest BCUT2D eigenvalue weighted by atomic mass is 9.86. The van der Waals surface area contributed by atoms with Crippen LogP contribution in [-0.4, -0.2) is 29.8 Å². The van der Waals surface area contributed by atoms with Crippen LogP contribution in [0.4, 0.5) is 5.69 Å². The highest BCUT2D eigenvalue weighted by Crippen LogP contribution is 2.29. The Morgan fingerprint density at radius 3 is 2.55 bits per heavy atom. The number of carbonyl (C=O) groups is 2. The van der Waals surface area contributed by atoms with Gasteiger partial charge in [0.2, 0.25) is 0 Å². The van der Waals surface area contributed by atoms with Crippen molar-refractivity contribution < 1.29 is 9.59 Å². The molecule has 1 aromatic carbocycles. The van der Waals surface area contributed by atoms with Crippen LogP contribution in [0.15, 0.2) is 24.3 Å². The van der Waals surface area contributed by atoms with Crippen LogP contribution in [0.3, 0.4) is 0 Å². The summed E-state index contributed by atoms with van der Waals surface area (Å²) in [5.74, 6) is -0.492. The van der Waals surface area contributed by atoms with E-state index in [1.54, 1.807) is 4.90 Å². The molecule has 0 saturated carbocycles. The van der Waals surface area contributed by atoms with Crippen LogP contribution in [0.5, 0.6) is 0 Å². The minimum Gasteiger partial charge on any atom is -0.334 e. The number of rotatable bonds is 1. The summed E-state index contributed by atoms with van der Waals surface area (Å²) in [6, 6.07) is 7.66. The molecule has 4 nitrogen and oxygen atoms in total. The zero-order chi connectivity index (χ0) is 16.3. The van der Waals surface area contributed by atoms with E-state index in [9.17, 15) is 9.59 Å². The molecule has 0 aliphatic carbocycles. The van der Waals surface area contributed by atoms with Gasteiger partial charge < -0.3 is 10.2 Å². The van der Waals surface area contributed by atoms with E-state index >= 15 is 0 Å². The molecule has 0 spiro atoms. The maximum atomic E-state index is 12.3. The summed E-state index contributed by atoms with van der Waals surface area (Å²) in [4.78, 5) is 26.3. The van der Waals surface area contributed by atoms with Crippen molar-refractivity contribution >= 4 is 17.5 Å². The number of likely N-dealkylation sites (tertiary alicyclic amines) is 1. The molecule has 1 saturated heterocycles. The first-order chi connectivity index (χ1) is 10.3. The Bertz CT molecular complexity index is 560. The number of benzene rings is 1. The summed E-state index contributed by atoms with van der Waals surface area (Å²) in [5, 5.41) is 2.80. The van der Waals surface area contributed by atoms with Crippen molar-refractivity contribution in [2.24, 2.45) is 5.92 Å². The molecule has 1 unspecified atom stereocenters. The van der Waals surface area contributed by atoms with E-state index in [2.05, 4.69) is 33.0 Å². The van der Waals surface area contributed by atoms with Crippen LogP contribution < -0.4 is 5.32 Å². The van der Waals surface area contributed by atoms with Crippen LogP contribution in [-0.2, 0) is 15.0 Å². The third-order valence-electron chi connectivity index (χ3n) is 4.12. The van der Waals surface area contributed by atoms with E-state index in [4.69, 9.17) is 0 Å². The van der Waals surface area contributed by atoms with Gasteiger partial charge in [-0.1, -0.05) is 45.9 Å². The fourth-order valence-electron chi connectivity index (χ4n) is 2.94. The maximum absolute atomic E-state index is 12.3. The highest BCUT2D eigenvalue weighted by atomic mass is 16.2. The van der Waals surface area contributed by atoms with Crippen LogP contribution in [0.1, 0.15) is 46.1 Å². The lowest BCUT2D eigenvalue weighted by molar-refractivity contribution is -0.144. The summed E-state index contributed by atoms with van der Waals surface area (Å²) in [5.41, 5.74) is 1.66. The number of para-hydroxylation sites is 1. The molecule has 1 atom stereocenters. The highest BCUT2D eigenvalue weighted by molar-refractivity contribution is 6.39. The third kappa shape index (κ3) is 3.87. The zero-order valence-corrected chi connectivity index (χ0v) is 14.0. The average molecular weight is 302 g/mol. The second-order valence-corrected chi connectivity index (χ2v) is 7.25. The standard InChI is InChI=1S/C18H26N2O2/c1-13-8-7-11-20(12-13)17(22)16(21)19-15-10-6-5-9-14(15)18(2,3)4/h5-6,9-10,13H,7-8,11-12H2,1-4H3,(H,19,21). The number of hydrogen-bond acceptors (Lipinski definition) is 2. The summed E-state index contributed by atoms with van der Waals surface area (Å²) in [6.45, 7) is 9.74. The molecule has 4 heteroatoms. The highest BCUT2D eigenvalue weighted by Gasteiger charge is 2.27. The lowest BCUT2D eigenvalue weighted by Crippen LogP contribution is -2.44. The minimum absolute atomic E-state index is 0.0907. The average Bonchev–Trinajstić information content (AvgIpc) is 2.46. The van der Waals surface area contributed by atoms with Gasteiger partial charge in [0.05, 0.1) is 0 Å². The van der Waals surface area contributed by atoms with Gasteiger partial charge in [0, 0.05) is 18.8 Å². The van der Waals surface area contributed by atoms with Crippen LogP contribution in [0.25, 0.3) is 0 Å². The largest absolute Gasteiger partial charge is 0.334 e. The molecule has 0 bridgehead atoms. The van der Waals surface area contributed by atoms with Crippen molar-refractivity contribution in [3.8, 4) is 0 Å². The van der Waals surface area contributed by atoms with Gasteiger partial charge in [0.1, 0.15) is 0 Å². The predicted molar refractivity (Wildman–Crippen MR) is 88.7 cm³/mol. The molecule has 1 N–H and O–H groups in total. The van der Waals surface area contributed by atoms with Gasteiger partial charge in [0.25, 0.3) is 0 Å². The predicted octanol–water partition coefficient (Wildman–Crippen LogP) is 3.18. The number of nitrogens with zero attached hydrogens (tertiary/aromatic N) is 1. The fraction of sp³-hybridized carbons (Fsp3) is 0.556. The number of hydrogen-bond donors (Lipinski definition) is 1. The van der Waals surface area contributed by atoms with Gasteiger partial charge in [-0.05, 0) is 35.8 Å². The number of amides is 2. The summed E-state index contributed by atoms with van der Waals surface area (Å²) >= 11 is 0. The monoisotopic (exact) mass is 302 g/mol. The first-order valence-corrected chi connectivity index (χ1v) is 7.99. The SMILES string of the molecule is CC1CCCN(C(=O)C(=O)Nc2ccccc2C(C)(C)C)C1. The van der Waals surface area contributed by atoms with E-state index in [0.717, 1.165) is 24.1 Å². The molecular weight excluding hydrogens is 276 g/mol. The molecule has 120 valence electrons. The quantitative estimate of drug-likeness (QED) is 0.810. The number of anilines is 1. The molecule has 1 heterocycles. The second-order valence-electron chi connectivity index (χ2n) is 7.25. The number of carbonyl (C=O) groups excluding carboxylic acids is 2. The molecule has 0 radical (unpaired) electrons. The first-order valence-electron chi connectivity index (χ1n) is 7.99. The molecule has 22 heavy (non-hydrogen) atoms. The number of piperidine rings is 1. The van der Waals surface area contributed by atoms with Gasteiger partial charge >= 0.3 is 11.8 Å². The first kappa shape index (κ1) is 16.5. The maximum Gasteiger partial charge on any atom is 0.313 e. The van der Waals surface area contributed by atoms with Crippen molar-refractivity contribution in [3.05, 3.63) is 29.8 Å². The lowest BCUT2D eigenvalue weighted by Gasteiger charge is -2.30. The second kappa shape index (κ2) is 6.51. The van der Waals surface area contributed by atoms with Crippen molar-refractivity contribution in [2.45, 2.75) is 46.0 Å². The van der Waals surface area contributed by atoms with Crippen molar-refractivity contribution in [1.29, 1.82) is 0 Å². The van der Waals surface area contributed by atoms with E-state index < -0.39 is 11.8 Å². The van der Waals surface area contributed by atoms with Gasteiger partial charge in [-0.3, -0.25) is 9.59 Å². The van der Waals surface area contributed by atoms with E-state index in [-0.39, 0.29) is 5.41 Å². The van der Waals surface area contributed by atoms with Gasteiger partial charge in [-0.25, -0.2) is 0 Å². The van der Waals surface area contributed by atoms with Crippen molar-refractivity contribution in [1.82, 2.24) is 4.90 Å². The summed E-state index contributed by atoms with van der Waals surface area (Å²) in [7, 11) is 0. The molecule has 1 aliphatic heterocycles. The molecule has 0 aromatic heterocycles. The van der Waals surface area contributed by atoms with E-state index in [1.165, 1.54) is 0 Å². The Balaban J connectivity index is 2.11. The van der Waals surface area contributed by atoms with Gasteiger partial charge in [-0.2, -0.15) is 0 Å². The van der Waals surface area contributed by atoms with Crippen molar-refractivity contribution in [2.75, 3.05) is 18.4 Å². The minimum atomic E-state index is -0.536. The van der Waals surface area contributed by atoms with E-state index in [1.807, 2.05) is 24.3 Å². The normalized spacial score (nSPS) is 18.9. The Labute approximate surface area is 132 Å². The molecule has 1 aliphatic rings. The Hall–Kier alpha value is -1.84. The molecule has 1 aromatic rings. The molecular formula is C18H26N2O2. The Morgan fingerprint density at radius 1 is 1.23 bits per heavy atom. The Kier molecular flexibility index (Phi) is 4.89. The van der Waals surface area contributed by atoms with Crippen LogP contribution in [0.2, 0.25) is 0 Å².